The van der Waals surface area contributed by atoms with Gasteiger partial charge in [-0.1, -0.05) is 132 Å². The Hall–Kier alpha value is -4.16. The van der Waals surface area contributed by atoms with Gasteiger partial charge in [0.25, 0.3) is 3.79 Å². The summed E-state index contributed by atoms with van der Waals surface area (Å²) in [6.07, 6.45) is -8.41. The number of fused-ring (bicyclic) bond motifs is 4. The van der Waals surface area contributed by atoms with Crippen molar-refractivity contribution in [3.63, 3.8) is 0 Å². The van der Waals surface area contributed by atoms with Gasteiger partial charge in [-0.05, 0) is 34.4 Å². The zero-order valence-corrected chi connectivity index (χ0v) is 28.4. The first kappa shape index (κ1) is 34.3. The van der Waals surface area contributed by atoms with Crippen molar-refractivity contribution in [1.82, 2.24) is 0 Å². The standard InChI is InChI=1S/C37H30Cl3NO9/c38-37(39,40)35(41)50-34-31(47-32(42)21-11-3-1-4-12-21)30(29-28(46-34)20-44-33(48-29)22-13-5-2-6-14-22)49-36(43)45-19-27-25-17-9-7-15-23(25)24-16-8-10-18-26(24)27/h1-18,27-31,33-34,41H,19-20H2/t28-,29+,30+,31-,33+,34-/m1/s1. The maximum atomic E-state index is 13.6. The highest BCUT2D eigenvalue weighted by Crippen LogP contribution is 2.45. The Labute approximate surface area is 302 Å². The number of esters is 1. The number of carbonyl (C=O) groups excluding carboxylic acids is 2. The fraction of sp³-hybridized carbons (Fsp3) is 0.270. The zero-order valence-electron chi connectivity index (χ0n) is 26.2. The van der Waals surface area contributed by atoms with Crippen LogP contribution in [-0.2, 0) is 33.2 Å². The summed E-state index contributed by atoms with van der Waals surface area (Å²) in [6.45, 7) is -0.0812. The number of halogens is 3. The minimum Gasteiger partial charge on any atom is -0.448 e. The lowest BCUT2D eigenvalue weighted by atomic mass is 9.97. The first-order valence-corrected chi connectivity index (χ1v) is 16.9. The molecular formula is C37H30Cl3NO9. The fourth-order valence-electron chi connectivity index (χ4n) is 6.37. The fourth-order valence-corrected chi connectivity index (χ4v) is 6.50. The highest BCUT2D eigenvalue weighted by Gasteiger charge is 2.56. The summed E-state index contributed by atoms with van der Waals surface area (Å²) in [5, 5.41) is 8.24. The molecule has 3 aliphatic rings. The molecule has 0 unspecified atom stereocenters. The van der Waals surface area contributed by atoms with E-state index in [0.29, 0.717) is 5.56 Å². The van der Waals surface area contributed by atoms with Gasteiger partial charge in [0.05, 0.1) is 12.2 Å². The summed E-state index contributed by atoms with van der Waals surface area (Å²) >= 11 is 17.8. The minimum absolute atomic E-state index is 0.0346. The highest BCUT2D eigenvalue weighted by atomic mass is 35.6. The third-order valence-electron chi connectivity index (χ3n) is 8.66. The van der Waals surface area contributed by atoms with Crippen molar-refractivity contribution in [3.05, 3.63) is 131 Å². The molecule has 4 aromatic carbocycles. The third-order valence-corrected chi connectivity index (χ3v) is 9.18. The van der Waals surface area contributed by atoms with Gasteiger partial charge in [0.1, 0.15) is 18.8 Å². The monoisotopic (exact) mass is 737 g/mol. The average molecular weight is 739 g/mol. The maximum Gasteiger partial charge on any atom is 0.508 e. The molecule has 4 aromatic rings. The van der Waals surface area contributed by atoms with Gasteiger partial charge in [-0.2, -0.15) is 0 Å². The molecule has 1 aliphatic carbocycles. The smallest absolute Gasteiger partial charge is 0.448 e. The van der Waals surface area contributed by atoms with Crippen molar-refractivity contribution in [2.24, 2.45) is 0 Å². The molecule has 0 aromatic heterocycles. The summed E-state index contributed by atoms with van der Waals surface area (Å²) in [4.78, 5) is 27.1. The Kier molecular flexibility index (Phi) is 10.0. The molecule has 2 fully saturated rings. The molecule has 0 saturated carbocycles. The Balaban J connectivity index is 1.18. The van der Waals surface area contributed by atoms with Gasteiger partial charge in [-0.15, -0.1) is 0 Å². The van der Waals surface area contributed by atoms with Crippen molar-refractivity contribution in [1.29, 1.82) is 5.41 Å². The van der Waals surface area contributed by atoms with Crippen molar-refractivity contribution < 1.29 is 42.7 Å². The van der Waals surface area contributed by atoms with Crippen molar-refractivity contribution in [3.8, 4) is 11.1 Å². The van der Waals surface area contributed by atoms with Gasteiger partial charge < -0.3 is 33.2 Å². The third kappa shape index (κ3) is 7.18. The van der Waals surface area contributed by atoms with E-state index >= 15 is 0 Å². The molecular weight excluding hydrogens is 709 g/mol. The van der Waals surface area contributed by atoms with Gasteiger partial charge in [0.2, 0.25) is 18.3 Å². The van der Waals surface area contributed by atoms with E-state index in [1.165, 1.54) is 0 Å². The second-order valence-electron chi connectivity index (χ2n) is 11.8. The van der Waals surface area contributed by atoms with Crippen LogP contribution in [0.25, 0.3) is 11.1 Å². The number of ether oxygens (including phenoxy) is 7. The number of benzene rings is 4. The van der Waals surface area contributed by atoms with Gasteiger partial charge in [-0.25, -0.2) is 9.59 Å². The highest BCUT2D eigenvalue weighted by molar-refractivity contribution is 6.76. The Morgan fingerprint density at radius 3 is 1.98 bits per heavy atom. The molecule has 0 spiro atoms. The van der Waals surface area contributed by atoms with Crippen LogP contribution in [0, 0.1) is 5.41 Å². The number of nitrogens with one attached hydrogen (secondary N) is 1. The summed E-state index contributed by atoms with van der Waals surface area (Å²) in [7, 11) is 0. The normalized spacial score (nSPS) is 24.2. The quantitative estimate of drug-likeness (QED) is 0.0878. The van der Waals surface area contributed by atoms with E-state index in [0.717, 1.165) is 22.3 Å². The molecule has 13 heteroatoms. The minimum atomic E-state index is -2.28. The molecule has 258 valence electrons. The predicted octanol–water partition coefficient (Wildman–Crippen LogP) is 7.75. The van der Waals surface area contributed by atoms with Crippen molar-refractivity contribution in [2.75, 3.05) is 13.2 Å². The molecule has 50 heavy (non-hydrogen) atoms. The van der Waals surface area contributed by atoms with E-state index < -0.39 is 58.8 Å². The van der Waals surface area contributed by atoms with Crippen LogP contribution in [-0.4, -0.2) is 65.7 Å². The predicted molar refractivity (Wildman–Crippen MR) is 183 cm³/mol. The van der Waals surface area contributed by atoms with Gasteiger partial charge in [0, 0.05) is 11.5 Å². The summed E-state index contributed by atoms with van der Waals surface area (Å²) in [6, 6.07) is 33.1. The van der Waals surface area contributed by atoms with E-state index in [2.05, 4.69) is 0 Å². The van der Waals surface area contributed by atoms with Crippen LogP contribution in [0.2, 0.25) is 0 Å². The largest absolute Gasteiger partial charge is 0.508 e. The number of hydrogen-bond acceptors (Lipinski definition) is 10. The SMILES string of the molecule is N=C(O[C@H]1O[C@@H]2CO[C@H](c3ccccc3)O[C@@H]2[C@H](OC(=O)OCC2c3ccccc3-c3ccccc32)[C@H]1OC(=O)c1ccccc1)C(Cl)(Cl)Cl. The molecule has 0 radical (unpaired) electrons. The van der Waals surface area contributed by atoms with Crippen LogP contribution in [0.5, 0.6) is 0 Å². The van der Waals surface area contributed by atoms with E-state index in [4.69, 9.17) is 73.4 Å². The van der Waals surface area contributed by atoms with Gasteiger partial charge >= 0.3 is 12.1 Å². The second kappa shape index (κ2) is 14.6. The van der Waals surface area contributed by atoms with Crippen molar-refractivity contribution in [2.45, 2.75) is 46.7 Å². The number of carbonyl (C=O) groups is 2. The van der Waals surface area contributed by atoms with Crippen LogP contribution in [0.4, 0.5) is 4.79 Å². The van der Waals surface area contributed by atoms with Gasteiger partial charge in [-0.3, -0.25) is 5.41 Å². The van der Waals surface area contributed by atoms with Crippen molar-refractivity contribution >= 4 is 52.8 Å². The molecule has 0 bridgehead atoms. The summed E-state index contributed by atoms with van der Waals surface area (Å²) in [5.74, 6) is -1.85. The van der Waals surface area contributed by atoms with Gasteiger partial charge in [0.15, 0.2) is 12.4 Å². The summed E-state index contributed by atoms with van der Waals surface area (Å²) < 4.78 is 39.4. The van der Waals surface area contributed by atoms with Crippen LogP contribution < -0.4 is 0 Å². The molecule has 10 nitrogen and oxygen atoms in total. The molecule has 6 atom stereocenters. The van der Waals surface area contributed by atoms with Crippen LogP contribution in [0.1, 0.15) is 39.3 Å². The number of alkyl halides is 3. The van der Waals surface area contributed by atoms with E-state index in [9.17, 15) is 9.59 Å². The second-order valence-corrected chi connectivity index (χ2v) is 14.1. The molecule has 7 rings (SSSR count). The van der Waals surface area contributed by atoms with Crippen LogP contribution in [0.15, 0.2) is 109 Å². The van der Waals surface area contributed by atoms with E-state index in [-0.39, 0.29) is 24.7 Å². The number of rotatable bonds is 7. The maximum absolute atomic E-state index is 13.6. The Morgan fingerprint density at radius 2 is 1.34 bits per heavy atom. The first-order chi connectivity index (χ1) is 24.2. The lowest BCUT2D eigenvalue weighted by molar-refractivity contribution is -0.351. The molecule has 2 heterocycles. The topological polar surface area (TPSA) is 123 Å². The lowest BCUT2D eigenvalue weighted by Gasteiger charge is -2.47. The molecule has 2 aliphatic heterocycles. The lowest BCUT2D eigenvalue weighted by Crippen LogP contribution is -2.64. The molecule has 0 amide bonds. The average Bonchev–Trinajstić information content (AvgIpc) is 3.45. The Bertz CT molecular complexity index is 1810. The zero-order chi connectivity index (χ0) is 34.8. The van der Waals surface area contributed by atoms with E-state index in [1.54, 1.807) is 30.3 Å². The first-order valence-electron chi connectivity index (χ1n) is 15.7. The number of hydrogen-bond donors (Lipinski definition) is 1. The molecule has 2 saturated heterocycles. The van der Waals surface area contributed by atoms with Crippen LogP contribution in [0.3, 0.4) is 0 Å². The molecule has 1 N–H and O–H groups in total. The van der Waals surface area contributed by atoms with E-state index in [1.807, 2.05) is 78.9 Å². The van der Waals surface area contributed by atoms with Crippen LogP contribution >= 0.6 is 34.8 Å². The summed E-state index contributed by atoms with van der Waals surface area (Å²) in [5.41, 5.74) is 5.03. The Morgan fingerprint density at radius 1 is 0.740 bits per heavy atom.